The number of benzene rings is 1. The first-order valence-corrected chi connectivity index (χ1v) is 6.70. The lowest BCUT2D eigenvalue weighted by Gasteiger charge is -2.38. The molecule has 0 aromatic heterocycles. The molecule has 0 saturated heterocycles. The molecule has 1 atom stereocenters. The van der Waals surface area contributed by atoms with E-state index in [1.165, 1.54) is 0 Å². The average molecular weight is 245 g/mol. The van der Waals surface area contributed by atoms with Crippen molar-refractivity contribution in [3.05, 3.63) is 30.3 Å². The molecule has 1 aliphatic carbocycles. The smallest absolute Gasteiger partial charge is 0.228 e. The Morgan fingerprint density at radius 2 is 1.78 bits per heavy atom. The normalized spacial score (nSPS) is 24.8. The Labute approximate surface area is 110 Å². The number of hydrogen-bond acceptors (Lipinski definition) is 1. The van der Waals surface area contributed by atoms with Gasteiger partial charge in [0.2, 0.25) is 5.91 Å². The Bertz CT molecular complexity index is 434. The first-order valence-electron chi connectivity index (χ1n) is 6.70. The van der Waals surface area contributed by atoms with Crippen LogP contribution in [-0.2, 0) is 4.79 Å². The quantitative estimate of drug-likeness (QED) is 0.835. The lowest BCUT2D eigenvalue weighted by atomic mass is 9.67. The molecule has 0 heterocycles. The number of carbonyl (C=O) groups is 1. The van der Waals surface area contributed by atoms with Crippen LogP contribution in [0.25, 0.3) is 0 Å². The van der Waals surface area contributed by atoms with Gasteiger partial charge in [-0.05, 0) is 35.8 Å². The molecule has 1 fully saturated rings. The maximum atomic E-state index is 12.4. The van der Waals surface area contributed by atoms with E-state index in [2.05, 4.69) is 33.0 Å². The second kappa shape index (κ2) is 4.42. The minimum atomic E-state index is 0.0475. The number of hydrogen-bond donors (Lipinski definition) is 1. The minimum Gasteiger partial charge on any atom is -0.326 e. The summed E-state index contributed by atoms with van der Waals surface area (Å²) in [6.45, 7) is 8.97. The van der Waals surface area contributed by atoms with Crippen molar-refractivity contribution in [1.82, 2.24) is 0 Å². The molecule has 0 aliphatic heterocycles. The van der Waals surface area contributed by atoms with Gasteiger partial charge in [-0.1, -0.05) is 45.9 Å². The molecule has 1 N–H and O–H groups in total. The third-order valence-corrected chi connectivity index (χ3v) is 5.03. The Morgan fingerprint density at radius 3 is 2.28 bits per heavy atom. The summed E-state index contributed by atoms with van der Waals surface area (Å²) in [5.74, 6) is 0.268. The molecule has 0 radical (unpaired) electrons. The van der Waals surface area contributed by atoms with Crippen molar-refractivity contribution in [3.63, 3.8) is 0 Å². The van der Waals surface area contributed by atoms with Crippen molar-refractivity contribution >= 4 is 11.6 Å². The van der Waals surface area contributed by atoms with Gasteiger partial charge in [-0.3, -0.25) is 4.79 Å². The van der Waals surface area contributed by atoms with Crippen LogP contribution in [0.3, 0.4) is 0 Å². The first-order chi connectivity index (χ1) is 8.34. The summed E-state index contributed by atoms with van der Waals surface area (Å²) in [7, 11) is 0. The lowest BCUT2D eigenvalue weighted by Crippen LogP contribution is -2.37. The van der Waals surface area contributed by atoms with E-state index in [4.69, 9.17) is 0 Å². The molecule has 2 rings (SSSR count). The van der Waals surface area contributed by atoms with Crippen LogP contribution in [0.15, 0.2) is 30.3 Å². The fourth-order valence-electron chi connectivity index (χ4n) is 2.87. The highest BCUT2D eigenvalue weighted by Gasteiger charge is 2.51. The number of nitrogens with one attached hydrogen (secondary N) is 1. The van der Waals surface area contributed by atoms with Crippen molar-refractivity contribution in [1.29, 1.82) is 0 Å². The average Bonchev–Trinajstić information content (AvgIpc) is 2.50. The monoisotopic (exact) mass is 245 g/mol. The summed E-state index contributed by atoms with van der Waals surface area (Å²) < 4.78 is 0. The van der Waals surface area contributed by atoms with E-state index in [1.807, 2.05) is 30.3 Å². The minimum absolute atomic E-state index is 0.0475. The molecule has 2 nitrogen and oxygen atoms in total. The number of anilines is 1. The zero-order valence-corrected chi connectivity index (χ0v) is 11.8. The van der Waals surface area contributed by atoms with E-state index in [1.54, 1.807) is 0 Å². The van der Waals surface area contributed by atoms with Crippen LogP contribution >= 0.6 is 0 Å². The van der Waals surface area contributed by atoms with Gasteiger partial charge in [0.1, 0.15) is 0 Å². The number of carbonyl (C=O) groups excluding carboxylic acids is 1. The van der Waals surface area contributed by atoms with E-state index in [9.17, 15) is 4.79 Å². The molecule has 1 aromatic carbocycles. The Hall–Kier alpha value is -1.31. The van der Waals surface area contributed by atoms with Gasteiger partial charge < -0.3 is 5.32 Å². The van der Waals surface area contributed by atoms with E-state index in [0.29, 0.717) is 0 Å². The number of para-hydroxylation sites is 1. The maximum Gasteiger partial charge on any atom is 0.228 e. The van der Waals surface area contributed by atoms with Crippen molar-refractivity contribution < 1.29 is 4.79 Å². The Kier molecular flexibility index (Phi) is 3.22. The summed E-state index contributed by atoms with van der Waals surface area (Å²) in [6, 6.07) is 9.72. The molecule has 0 bridgehead atoms. The van der Waals surface area contributed by atoms with Crippen molar-refractivity contribution in [2.75, 3.05) is 5.32 Å². The maximum absolute atomic E-state index is 12.4. The fraction of sp³-hybridized carbons (Fsp3) is 0.562. The van der Waals surface area contributed by atoms with E-state index in [0.717, 1.165) is 18.5 Å². The van der Waals surface area contributed by atoms with Gasteiger partial charge in [0.25, 0.3) is 0 Å². The zero-order chi connectivity index (χ0) is 13.4. The predicted octanol–water partition coefficient (Wildman–Crippen LogP) is 4.09. The molecule has 98 valence electrons. The van der Waals surface area contributed by atoms with Gasteiger partial charge in [0.15, 0.2) is 0 Å². The summed E-state index contributed by atoms with van der Waals surface area (Å²) in [6.07, 6.45) is 2.10. The van der Waals surface area contributed by atoms with Gasteiger partial charge in [0, 0.05) is 11.6 Å². The Balaban J connectivity index is 2.12. The summed E-state index contributed by atoms with van der Waals surface area (Å²) in [5.41, 5.74) is 1.17. The fourth-order valence-corrected chi connectivity index (χ4v) is 2.87. The first kappa shape index (κ1) is 13.1. The molecule has 1 amide bonds. The largest absolute Gasteiger partial charge is 0.326 e. The van der Waals surface area contributed by atoms with E-state index >= 15 is 0 Å². The molecule has 1 aliphatic rings. The van der Waals surface area contributed by atoms with Gasteiger partial charge in [-0.15, -0.1) is 0 Å². The molecule has 18 heavy (non-hydrogen) atoms. The number of rotatable bonds is 2. The lowest BCUT2D eigenvalue weighted by molar-refractivity contribution is -0.123. The van der Waals surface area contributed by atoms with Crippen LogP contribution in [0.5, 0.6) is 0 Å². The highest BCUT2D eigenvalue weighted by Crippen LogP contribution is 2.55. The standard InChI is InChI=1S/C16H23NO/c1-15(2)11-10-13(16(15,3)4)14(18)17-12-8-6-5-7-9-12/h5-9,13H,10-11H2,1-4H3,(H,17,18)/t13-/m0/s1. The molecule has 1 aromatic rings. The highest BCUT2D eigenvalue weighted by molar-refractivity contribution is 5.93. The Morgan fingerprint density at radius 1 is 1.17 bits per heavy atom. The van der Waals surface area contributed by atoms with Crippen LogP contribution in [0.4, 0.5) is 5.69 Å². The SMILES string of the molecule is CC1(C)CC[C@@H](C(=O)Nc2ccccc2)C1(C)C. The highest BCUT2D eigenvalue weighted by atomic mass is 16.1. The van der Waals surface area contributed by atoms with Crippen LogP contribution in [-0.4, -0.2) is 5.91 Å². The van der Waals surface area contributed by atoms with Crippen LogP contribution < -0.4 is 5.32 Å². The molecule has 0 spiro atoms. The predicted molar refractivity (Wildman–Crippen MR) is 75.4 cm³/mol. The van der Waals surface area contributed by atoms with E-state index in [-0.39, 0.29) is 22.7 Å². The zero-order valence-electron chi connectivity index (χ0n) is 11.8. The topological polar surface area (TPSA) is 29.1 Å². The van der Waals surface area contributed by atoms with Crippen LogP contribution in [0.1, 0.15) is 40.5 Å². The van der Waals surface area contributed by atoms with Gasteiger partial charge in [-0.2, -0.15) is 0 Å². The van der Waals surface area contributed by atoms with Gasteiger partial charge in [0.05, 0.1) is 0 Å². The molecule has 2 heteroatoms. The molecular weight excluding hydrogens is 222 g/mol. The third kappa shape index (κ3) is 2.16. The third-order valence-electron chi connectivity index (χ3n) is 5.03. The number of amides is 1. The summed E-state index contributed by atoms with van der Waals surface area (Å²) >= 11 is 0. The van der Waals surface area contributed by atoms with Crippen LogP contribution in [0.2, 0.25) is 0 Å². The summed E-state index contributed by atoms with van der Waals surface area (Å²) in [5, 5.41) is 3.04. The van der Waals surface area contributed by atoms with Crippen molar-refractivity contribution in [3.8, 4) is 0 Å². The van der Waals surface area contributed by atoms with Crippen molar-refractivity contribution in [2.24, 2.45) is 16.7 Å². The van der Waals surface area contributed by atoms with Crippen LogP contribution in [0, 0.1) is 16.7 Å². The van der Waals surface area contributed by atoms with Crippen molar-refractivity contribution in [2.45, 2.75) is 40.5 Å². The summed E-state index contributed by atoms with van der Waals surface area (Å²) in [4.78, 5) is 12.4. The van der Waals surface area contributed by atoms with Gasteiger partial charge >= 0.3 is 0 Å². The molecule has 1 saturated carbocycles. The second-order valence-corrected chi connectivity index (χ2v) is 6.55. The van der Waals surface area contributed by atoms with Gasteiger partial charge in [-0.25, -0.2) is 0 Å². The second-order valence-electron chi connectivity index (χ2n) is 6.55. The molecular formula is C16H23NO. The molecule has 0 unspecified atom stereocenters. The van der Waals surface area contributed by atoms with E-state index < -0.39 is 0 Å².